The molecule has 3 heterocycles. The van der Waals surface area contributed by atoms with Crippen LogP contribution in [0.2, 0.25) is 5.02 Å². The Hall–Kier alpha value is -3.42. The molecule has 1 saturated heterocycles. The van der Waals surface area contributed by atoms with Crippen LogP contribution in [-0.4, -0.2) is 45.6 Å². The van der Waals surface area contributed by atoms with Crippen LogP contribution in [0.1, 0.15) is 10.9 Å². The highest BCUT2D eigenvalue weighted by Gasteiger charge is 2.38. The summed E-state index contributed by atoms with van der Waals surface area (Å²) in [7, 11) is 0. The first-order valence-electron chi connectivity index (χ1n) is 11.4. The number of hydrogen-bond donors (Lipinski definition) is 0. The van der Waals surface area contributed by atoms with E-state index in [-0.39, 0.29) is 17.4 Å². The van der Waals surface area contributed by atoms with Crippen molar-refractivity contribution in [3.05, 3.63) is 95.6 Å². The fourth-order valence-electron chi connectivity index (χ4n) is 4.39. The third-order valence-electron chi connectivity index (χ3n) is 6.08. The maximum Gasteiger partial charge on any atom is 0.233 e. The standard InChI is InChI=1S/C27H22ClN3O3S/c28-19-12-10-18(11-13-19)26-22(15-31(29-26)20-6-2-1-3-7-20)27-30(25(32)17-35-27)14-21-16-33-23-8-4-5-9-24(23)34-21/h1-13,15,21,27H,14,16-17H2/t21-,27+/m0/s1. The second-order valence-corrected chi connectivity index (χ2v) is 9.93. The number of aromatic nitrogens is 2. The molecule has 0 unspecified atom stereocenters. The maximum absolute atomic E-state index is 13.0. The highest BCUT2D eigenvalue weighted by molar-refractivity contribution is 8.00. The summed E-state index contributed by atoms with van der Waals surface area (Å²) >= 11 is 7.75. The number of halogens is 1. The smallest absolute Gasteiger partial charge is 0.233 e. The van der Waals surface area contributed by atoms with Crippen molar-refractivity contribution in [2.75, 3.05) is 18.9 Å². The van der Waals surface area contributed by atoms with Gasteiger partial charge in [-0.25, -0.2) is 4.68 Å². The SMILES string of the molecule is O=C1CS[C@H](c2cn(-c3ccccc3)nc2-c2ccc(Cl)cc2)N1C[C@H]1COc2ccccc2O1. The van der Waals surface area contributed by atoms with E-state index in [2.05, 4.69) is 0 Å². The first-order chi connectivity index (χ1) is 17.2. The zero-order chi connectivity index (χ0) is 23.8. The van der Waals surface area contributed by atoms with Gasteiger partial charge < -0.3 is 14.4 Å². The van der Waals surface area contributed by atoms with Crippen molar-refractivity contribution < 1.29 is 14.3 Å². The molecule has 2 aliphatic heterocycles. The Morgan fingerprint density at radius 2 is 1.71 bits per heavy atom. The van der Waals surface area contributed by atoms with Crippen molar-refractivity contribution in [2.45, 2.75) is 11.5 Å². The fourth-order valence-corrected chi connectivity index (χ4v) is 5.72. The Bertz CT molecular complexity index is 1360. The number of thioether (sulfide) groups is 1. The summed E-state index contributed by atoms with van der Waals surface area (Å²) < 4.78 is 13.9. The molecule has 4 aromatic rings. The van der Waals surface area contributed by atoms with Crippen LogP contribution in [0, 0.1) is 0 Å². The van der Waals surface area contributed by atoms with E-state index < -0.39 is 0 Å². The van der Waals surface area contributed by atoms with Crippen molar-refractivity contribution in [3.63, 3.8) is 0 Å². The van der Waals surface area contributed by atoms with Gasteiger partial charge in [-0.05, 0) is 36.4 Å². The minimum Gasteiger partial charge on any atom is -0.486 e. The molecule has 6 nitrogen and oxygen atoms in total. The fraction of sp³-hybridized carbons (Fsp3) is 0.185. The molecule has 8 heteroatoms. The second kappa shape index (κ2) is 9.32. The van der Waals surface area contributed by atoms with Crippen LogP contribution in [0.5, 0.6) is 11.5 Å². The van der Waals surface area contributed by atoms with Crippen molar-refractivity contribution in [1.82, 2.24) is 14.7 Å². The monoisotopic (exact) mass is 503 g/mol. The summed E-state index contributed by atoms with van der Waals surface area (Å²) in [4.78, 5) is 14.9. The Labute approximate surface area is 212 Å². The van der Waals surface area contributed by atoms with E-state index >= 15 is 0 Å². The van der Waals surface area contributed by atoms with Crippen LogP contribution >= 0.6 is 23.4 Å². The first kappa shape index (κ1) is 22.1. The summed E-state index contributed by atoms with van der Waals surface area (Å²) in [5.41, 5.74) is 3.71. The van der Waals surface area contributed by atoms with E-state index in [1.54, 1.807) is 11.8 Å². The van der Waals surface area contributed by atoms with Gasteiger partial charge in [-0.1, -0.05) is 54.1 Å². The molecular weight excluding hydrogens is 482 g/mol. The van der Waals surface area contributed by atoms with Gasteiger partial charge in [-0.2, -0.15) is 5.10 Å². The zero-order valence-electron chi connectivity index (χ0n) is 18.7. The topological polar surface area (TPSA) is 56.6 Å². The molecule has 1 amide bonds. The van der Waals surface area contributed by atoms with Crippen molar-refractivity contribution in [2.24, 2.45) is 0 Å². The number of hydrogen-bond acceptors (Lipinski definition) is 5. The van der Waals surface area contributed by atoms with E-state index in [1.807, 2.05) is 94.6 Å². The molecule has 35 heavy (non-hydrogen) atoms. The third kappa shape index (κ3) is 4.37. The molecule has 176 valence electrons. The van der Waals surface area contributed by atoms with Gasteiger partial charge in [0.2, 0.25) is 5.91 Å². The number of nitrogens with zero attached hydrogens (tertiary/aromatic N) is 3. The van der Waals surface area contributed by atoms with E-state index in [4.69, 9.17) is 26.2 Å². The summed E-state index contributed by atoms with van der Waals surface area (Å²) in [5, 5.41) is 5.41. The Morgan fingerprint density at radius 3 is 2.51 bits per heavy atom. The van der Waals surface area contributed by atoms with E-state index in [9.17, 15) is 4.79 Å². The molecule has 0 bridgehead atoms. The summed E-state index contributed by atoms with van der Waals surface area (Å²) in [5.74, 6) is 1.93. The Morgan fingerprint density at radius 1 is 0.971 bits per heavy atom. The molecule has 2 aliphatic rings. The number of carbonyl (C=O) groups is 1. The highest BCUT2D eigenvalue weighted by Crippen LogP contribution is 2.43. The predicted octanol–water partition coefficient (Wildman–Crippen LogP) is 5.61. The van der Waals surface area contributed by atoms with Crippen LogP contribution in [0.25, 0.3) is 16.9 Å². The number of rotatable bonds is 5. The number of fused-ring (bicyclic) bond motifs is 1. The largest absolute Gasteiger partial charge is 0.486 e. The molecule has 0 radical (unpaired) electrons. The Kier molecular flexibility index (Phi) is 5.88. The van der Waals surface area contributed by atoms with Gasteiger partial charge in [0.25, 0.3) is 0 Å². The molecular formula is C27H22ClN3O3S. The van der Waals surface area contributed by atoms with Gasteiger partial charge in [0.15, 0.2) is 17.6 Å². The minimum atomic E-state index is -0.252. The number of carbonyl (C=O) groups excluding carboxylic acids is 1. The van der Waals surface area contributed by atoms with Crippen molar-refractivity contribution in [1.29, 1.82) is 0 Å². The van der Waals surface area contributed by atoms with Gasteiger partial charge in [0.1, 0.15) is 12.0 Å². The number of benzene rings is 3. The summed E-state index contributed by atoms with van der Waals surface area (Å²) in [6.07, 6.45) is 1.77. The summed E-state index contributed by atoms with van der Waals surface area (Å²) in [6, 6.07) is 25.2. The maximum atomic E-state index is 13.0. The van der Waals surface area contributed by atoms with Gasteiger partial charge in [-0.3, -0.25) is 4.79 Å². The van der Waals surface area contributed by atoms with E-state index in [1.165, 1.54) is 0 Å². The van der Waals surface area contributed by atoms with Gasteiger partial charge in [0, 0.05) is 22.3 Å². The van der Waals surface area contributed by atoms with Crippen molar-refractivity contribution >= 4 is 29.3 Å². The van der Waals surface area contributed by atoms with Gasteiger partial charge in [0.05, 0.1) is 23.7 Å². The quantitative estimate of drug-likeness (QED) is 0.354. The molecule has 0 N–H and O–H groups in total. The van der Waals surface area contributed by atoms with Crippen LogP contribution in [0.15, 0.2) is 85.1 Å². The lowest BCUT2D eigenvalue weighted by molar-refractivity contribution is -0.129. The molecule has 0 saturated carbocycles. The predicted molar refractivity (Wildman–Crippen MR) is 137 cm³/mol. The molecule has 0 spiro atoms. The normalized spacial score (nSPS) is 19.2. The van der Waals surface area contributed by atoms with Crippen LogP contribution in [0.3, 0.4) is 0 Å². The lowest BCUT2D eigenvalue weighted by Crippen LogP contribution is -2.42. The van der Waals surface area contributed by atoms with Crippen LogP contribution in [0.4, 0.5) is 0 Å². The molecule has 1 fully saturated rings. The van der Waals surface area contributed by atoms with Crippen LogP contribution < -0.4 is 9.47 Å². The molecule has 1 aromatic heterocycles. The highest BCUT2D eigenvalue weighted by atomic mass is 35.5. The third-order valence-corrected chi connectivity index (χ3v) is 7.57. The second-order valence-electron chi connectivity index (χ2n) is 8.43. The van der Waals surface area contributed by atoms with Crippen LogP contribution in [-0.2, 0) is 4.79 Å². The molecule has 3 aromatic carbocycles. The zero-order valence-corrected chi connectivity index (χ0v) is 20.3. The number of para-hydroxylation sites is 3. The lowest BCUT2D eigenvalue weighted by Gasteiger charge is -2.32. The molecule has 2 atom stereocenters. The average molecular weight is 504 g/mol. The number of ether oxygens (including phenoxy) is 2. The lowest BCUT2D eigenvalue weighted by atomic mass is 10.1. The van der Waals surface area contributed by atoms with Gasteiger partial charge in [-0.15, -0.1) is 11.8 Å². The Balaban J connectivity index is 1.34. The minimum absolute atomic E-state index is 0.0805. The van der Waals surface area contributed by atoms with E-state index in [0.717, 1.165) is 28.3 Å². The van der Waals surface area contributed by atoms with Crippen molar-refractivity contribution in [3.8, 4) is 28.4 Å². The average Bonchev–Trinajstić information content (AvgIpc) is 3.49. The summed E-state index contributed by atoms with van der Waals surface area (Å²) in [6.45, 7) is 0.826. The number of amides is 1. The first-order valence-corrected chi connectivity index (χ1v) is 12.8. The van der Waals surface area contributed by atoms with E-state index in [0.29, 0.717) is 29.7 Å². The molecule has 6 rings (SSSR count). The van der Waals surface area contributed by atoms with Gasteiger partial charge >= 0.3 is 0 Å². The molecule has 0 aliphatic carbocycles.